The van der Waals surface area contributed by atoms with Gasteiger partial charge in [0.1, 0.15) is 0 Å². The quantitative estimate of drug-likeness (QED) is 0.146. The van der Waals surface area contributed by atoms with Crippen LogP contribution in [0.15, 0.2) is 73.1 Å². The molecule has 3 aromatic heterocycles. The van der Waals surface area contributed by atoms with Crippen LogP contribution in [-0.4, -0.2) is 74.5 Å². The number of carbonyl (C=O) groups is 1. The average molecular weight is 632 g/mol. The number of carbonyl (C=O) groups excluding carboxylic acids is 1. The molecule has 1 fully saturated rings. The fraction of sp³-hybridized carbons (Fsp3) is 0.378. The fourth-order valence-corrected chi connectivity index (χ4v) is 6.07. The minimum atomic E-state index is 0.0942. The number of benzene rings is 2. The topological polar surface area (TPSA) is 112 Å². The molecule has 0 radical (unpaired) electrons. The predicted octanol–water partition coefficient (Wildman–Crippen LogP) is 5.86. The summed E-state index contributed by atoms with van der Waals surface area (Å²) in [6, 6.07) is 17.3. The Labute approximate surface area is 276 Å². The highest BCUT2D eigenvalue weighted by Crippen LogP contribution is 2.31. The monoisotopic (exact) mass is 631 g/mol. The van der Waals surface area contributed by atoms with E-state index in [1.54, 1.807) is 10.6 Å². The van der Waals surface area contributed by atoms with Crippen molar-refractivity contribution in [3.05, 3.63) is 89.8 Å². The Bertz CT molecular complexity index is 1890. The van der Waals surface area contributed by atoms with Gasteiger partial charge in [-0.1, -0.05) is 62.4 Å². The molecule has 244 valence electrons. The molecule has 0 spiro atoms. The normalized spacial score (nSPS) is 16.9. The van der Waals surface area contributed by atoms with Crippen LogP contribution in [0.25, 0.3) is 27.7 Å². The summed E-state index contributed by atoms with van der Waals surface area (Å²) in [4.78, 5) is 29.2. The van der Waals surface area contributed by atoms with Gasteiger partial charge in [-0.05, 0) is 68.4 Å². The van der Waals surface area contributed by atoms with Crippen LogP contribution in [0.2, 0.25) is 0 Å². The first-order valence-electron chi connectivity index (χ1n) is 16.5. The third kappa shape index (κ3) is 7.66. The van der Waals surface area contributed by atoms with E-state index < -0.39 is 0 Å². The number of nitrogens with zero attached hydrogens (tertiary/aromatic N) is 6. The molecular weight excluding hydrogens is 586 g/mol. The highest BCUT2D eigenvalue weighted by atomic mass is 16.1. The van der Waals surface area contributed by atoms with Crippen LogP contribution in [0.4, 0.5) is 11.9 Å². The molecule has 10 nitrogen and oxygen atoms in total. The maximum absolute atomic E-state index is 12.6. The first-order chi connectivity index (χ1) is 22.7. The minimum Gasteiger partial charge on any atom is -0.350 e. The Kier molecular flexibility index (Phi) is 9.89. The Hall–Kier alpha value is -4.67. The van der Waals surface area contributed by atoms with Gasteiger partial charge in [-0.2, -0.15) is 19.6 Å². The second kappa shape index (κ2) is 14.4. The SMILES string of the molecule is CC(C)c1cnn2c(NCc3ccccc3-c3nccc4cc(CC(=O)/C=C/CN(C)C)ccc34)nc(N[C@H]3CC[C@H](C)NC3)nc12. The number of pyridine rings is 1. The number of nitrogens with one attached hydrogen (secondary N) is 3. The van der Waals surface area contributed by atoms with Gasteiger partial charge in [0.15, 0.2) is 11.4 Å². The van der Waals surface area contributed by atoms with Crippen LogP contribution in [0.1, 0.15) is 56.2 Å². The number of likely N-dealkylation sites (N-methyl/N-ethyl adjacent to an activating group) is 1. The van der Waals surface area contributed by atoms with E-state index in [1.165, 1.54) is 0 Å². The minimum absolute atomic E-state index is 0.0942. The lowest BCUT2D eigenvalue weighted by Gasteiger charge is -2.28. The molecule has 5 aromatic rings. The fourth-order valence-electron chi connectivity index (χ4n) is 6.07. The van der Waals surface area contributed by atoms with E-state index >= 15 is 0 Å². The summed E-state index contributed by atoms with van der Waals surface area (Å²) in [5.41, 5.74) is 5.90. The van der Waals surface area contributed by atoms with E-state index in [4.69, 9.17) is 15.0 Å². The Morgan fingerprint density at radius 2 is 1.98 bits per heavy atom. The third-order valence-electron chi connectivity index (χ3n) is 8.70. The number of anilines is 2. The zero-order chi connectivity index (χ0) is 32.9. The average Bonchev–Trinajstić information content (AvgIpc) is 3.49. The molecule has 1 aliphatic heterocycles. The molecule has 2 aromatic carbocycles. The Morgan fingerprint density at radius 3 is 2.77 bits per heavy atom. The number of rotatable bonds is 12. The highest BCUT2D eigenvalue weighted by Gasteiger charge is 2.21. The van der Waals surface area contributed by atoms with Gasteiger partial charge in [0, 0.05) is 60.8 Å². The van der Waals surface area contributed by atoms with Gasteiger partial charge in [-0.3, -0.25) is 9.78 Å². The lowest BCUT2D eigenvalue weighted by Crippen LogP contribution is -2.43. The molecule has 0 unspecified atom stereocenters. The number of piperidine rings is 1. The maximum Gasteiger partial charge on any atom is 0.229 e. The van der Waals surface area contributed by atoms with Gasteiger partial charge < -0.3 is 20.9 Å². The van der Waals surface area contributed by atoms with Crippen molar-refractivity contribution in [1.29, 1.82) is 0 Å². The molecule has 47 heavy (non-hydrogen) atoms. The van der Waals surface area contributed by atoms with E-state index in [2.05, 4.69) is 66.1 Å². The molecule has 2 atom stereocenters. The number of allylic oxidation sites excluding steroid dienone is 1. The van der Waals surface area contributed by atoms with Crippen molar-refractivity contribution in [3.63, 3.8) is 0 Å². The predicted molar refractivity (Wildman–Crippen MR) is 190 cm³/mol. The summed E-state index contributed by atoms with van der Waals surface area (Å²) >= 11 is 0. The summed E-state index contributed by atoms with van der Waals surface area (Å²) < 4.78 is 1.80. The molecular formula is C37H45N9O. The lowest BCUT2D eigenvalue weighted by atomic mass is 9.97. The zero-order valence-corrected chi connectivity index (χ0v) is 28.0. The second-order valence-corrected chi connectivity index (χ2v) is 13.1. The standard InChI is InChI=1S/C37H45N9O/c1-24(2)33-23-41-46-35(33)43-36(42-29-14-12-25(3)39-22-29)44-37(46)40-21-28-9-6-7-11-31(28)34-32-15-13-26(19-27(32)16-17-38-34)20-30(47)10-8-18-45(4)5/h6-11,13,15-17,19,23-25,29,39H,12,14,18,20-22H2,1-5H3,(H2,40,42,43,44)/b10-8+/t25-,29-/m0/s1. The van der Waals surface area contributed by atoms with Gasteiger partial charge in [0.05, 0.1) is 11.9 Å². The Balaban J connectivity index is 1.26. The van der Waals surface area contributed by atoms with E-state index in [-0.39, 0.29) is 17.7 Å². The molecule has 10 heteroatoms. The van der Waals surface area contributed by atoms with Crippen LogP contribution in [0.5, 0.6) is 0 Å². The summed E-state index contributed by atoms with van der Waals surface area (Å²) in [7, 11) is 3.97. The molecule has 0 saturated carbocycles. The van der Waals surface area contributed by atoms with Crippen LogP contribution in [-0.2, 0) is 17.8 Å². The summed E-state index contributed by atoms with van der Waals surface area (Å²) in [6.45, 7) is 8.68. The molecule has 1 saturated heterocycles. The smallest absolute Gasteiger partial charge is 0.229 e. The van der Waals surface area contributed by atoms with Gasteiger partial charge in [-0.25, -0.2) is 0 Å². The van der Waals surface area contributed by atoms with Crippen LogP contribution < -0.4 is 16.0 Å². The third-order valence-corrected chi connectivity index (χ3v) is 8.70. The number of fused-ring (bicyclic) bond motifs is 2. The van der Waals surface area contributed by atoms with Crippen LogP contribution >= 0.6 is 0 Å². The van der Waals surface area contributed by atoms with Crippen molar-refractivity contribution in [2.24, 2.45) is 0 Å². The molecule has 6 rings (SSSR count). The summed E-state index contributed by atoms with van der Waals surface area (Å²) in [5, 5.41) is 17.5. The van der Waals surface area contributed by atoms with E-state index in [1.807, 2.05) is 61.7 Å². The van der Waals surface area contributed by atoms with Gasteiger partial charge >= 0.3 is 0 Å². The van der Waals surface area contributed by atoms with Crippen molar-refractivity contribution in [2.45, 2.75) is 64.6 Å². The lowest BCUT2D eigenvalue weighted by molar-refractivity contribution is -0.114. The van der Waals surface area contributed by atoms with Crippen LogP contribution in [0.3, 0.4) is 0 Å². The van der Waals surface area contributed by atoms with Crippen molar-refractivity contribution in [3.8, 4) is 11.3 Å². The van der Waals surface area contributed by atoms with Crippen molar-refractivity contribution in [2.75, 3.05) is 37.8 Å². The molecule has 0 bridgehead atoms. The van der Waals surface area contributed by atoms with E-state index in [9.17, 15) is 4.79 Å². The van der Waals surface area contributed by atoms with Gasteiger partial charge in [0.25, 0.3) is 0 Å². The number of hydrogen-bond donors (Lipinski definition) is 3. The van der Waals surface area contributed by atoms with Gasteiger partial charge in [-0.15, -0.1) is 0 Å². The molecule has 0 amide bonds. The number of ketones is 1. The molecule has 4 heterocycles. The molecule has 3 N–H and O–H groups in total. The molecule has 0 aliphatic carbocycles. The van der Waals surface area contributed by atoms with Crippen molar-refractivity contribution in [1.82, 2.24) is 34.8 Å². The summed E-state index contributed by atoms with van der Waals surface area (Å²) in [5.74, 6) is 1.61. The zero-order valence-electron chi connectivity index (χ0n) is 28.0. The number of aromatic nitrogens is 5. The van der Waals surface area contributed by atoms with Crippen molar-refractivity contribution >= 4 is 34.1 Å². The largest absolute Gasteiger partial charge is 0.350 e. The number of hydrogen-bond acceptors (Lipinski definition) is 9. The first kappa shape index (κ1) is 32.3. The summed E-state index contributed by atoms with van der Waals surface area (Å²) in [6.07, 6.45) is 9.86. The van der Waals surface area contributed by atoms with E-state index in [0.717, 1.165) is 70.3 Å². The second-order valence-electron chi connectivity index (χ2n) is 13.1. The first-order valence-corrected chi connectivity index (χ1v) is 16.5. The maximum atomic E-state index is 12.6. The van der Waals surface area contributed by atoms with Gasteiger partial charge in [0.2, 0.25) is 11.9 Å². The Morgan fingerprint density at radius 1 is 1.13 bits per heavy atom. The van der Waals surface area contributed by atoms with Crippen molar-refractivity contribution < 1.29 is 4.79 Å². The van der Waals surface area contributed by atoms with Crippen LogP contribution in [0, 0.1) is 0 Å². The highest BCUT2D eigenvalue weighted by molar-refractivity contribution is 5.97. The molecule has 1 aliphatic rings. The van der Waals surface area contributed by atoms with E-state index in [0.29, 0.717) is 30.9 Å².